The Morgan fingerprint density at radius 1 is 1.33 bits per heavy atom. The number of rotatable bonds is 6. The molecule has 3 nitrogen and oxygen atoms in total. The first-order valence-corrected chi connectivity index (χ1v) is 6.41. The first-order valence-electron chi connectivity index (χ1n) is 6.41. The maximum Gasteiger partial charge on any atom is 0.163 e. The van der Waals surface area contributed by atoms with E-state index < -0.39 is 0 Å². The molecule has 100 valence electrons. The summed E-state index contributed by atoms with van der Waals surface area (Å²) in [6.07, 6.45) is 1.47. The van der Waals surface area contributed by atoms with Gasteiger partial charge in [0.1, 0.15) is 5.75 Å². The van der Waals surface area contributed by atoms with Crippen LogP contribution in [0.15, 0.2) is 12.1 Å². The van der Waals surface area contributed by atoms with E-state index in [4.69, 9.17) is 10.5 Å². The highest BCUT2D eigenvalue weighted by molar-refractivity contribution is 5.98. The van der Waals surface area contributed by atoms with Gasteiger partial charge >= 0.3 is 0 Å². The maximum absolute atomic E-state index is 12.2. The Labute approximate surface area is 109 Å². The van der Waals surface area contributed by atoms with Crippen molar-refractivity contribution in [2.45, 2.75) is 33.6 Å². The van der Waals surface area contributed by atoms with Gasteiger partial charge in [0.25, 0.3) is 0 Å². The number of carbonyl (C=O) groups is 1. The van der Waals surface area contributed by atoms with E-state index in [1.807, 2.05) is 26.0 Å². The minimum absolute atomic E-state index is 0.176. The number of Topliss-reactive ketones (excluding diaryl/α,β-unsaturated/α-hetero) is 1. The quantitative estimate of drug-likeness (QED) is 0.789. The molecule has 1 aromatic rings. The van der Waals surface area contributed by atoms with E-state index in [0.717, 1.165) is 28.9 Å². The summed E-state index contributed by atoms with van der Waals surface area (Å²) in [4.78, 5) is 12.2. The second kappa shape index (κ2) is 6.55. The molecule has 1 aromatic carbocycles. The van der Waals surface area contributed by atoms with Crippen molar-refractivity contribution < 1.29 is 9.53 Å². The van der Waals surface area contributed by atoms with Crippen molar-refractivity contribution in [1.29, 1.82) is 0 Å². The van der Waals surface area contributed by atoms with Crippen molar-refractivity contribution in [2.75, 3.05) is 13.7 Å². The van der Waals surface area contributed by atoms with Gasteiger partial charge in [-0.2, -0.15) is 0 Å². The van der Waals surface area contributed by atoms with Crippen molar-refractivity contribution in [2.24, 2.45) is 11.7 Å². The Kier molecular flexibility index (Phi) is 5.35. The summed E-state index contributed by atoms with van der Waals surface area (Å²) < 4.78 is 5.25. The summed E-state index contributed by atoms with van der Waals surface area (Å²) in [7, 11) is 1.64. The lowest BCUT2D eigenvalue weighted by Crippen LogP contribution is -2.18. The third kappa shape index (κ3) is 3.33. The van der Waals surface area contributed by atoms with Crippen LogP contribution in [0.4, 0.5) is 0 Å². The van der Waals surface area contributed by atoms with E-state index in [9.17, 15) is 4.79 Å². The molecule has 18 heavy (non-hydrogen) atoms. The summed E-state index contributed by atoms with van der Waals surface area (Å²) in [6.45, 7) is 6.53. The Hall–Kier alpha value is -1.35. The van der Waals surface area contributed by atoms with Crippen LogP contribution in [0.1, 0.15) is 41.3 Å². The lowest BCUT2D eigenvalue weighted by Gasteiger charge is -2.14. The second-order valence-corrected chi connectivity index (χ2v) is 4.77. The number of aryl methyl sites for hydroxylation is 2. The third-order valence-corrected chi connectivity index (χ3v) is 3.43. The van der Waals surface area contributed by atoms with Crippen molar-refractivity contribution in [3.63, 3.8) is 0 Å². The van der Waals surface area contributed by atoms with E-state index in [2.05, 4.69) is 6.92 Å². The zero-order chi connectivity index (χ0) is 13.7. The summed E-state index contributed by atoms with van der Waals surface area (Å²) in [5, 5.41) is 0. The monoisotopic (exact) mass is 249 g/mol. The van der Waals surface area contributed by atoms with Crippen LogP contribution in [0.5, 0.6) is 5.75 Å². The summed E-state index contributed by atoms with van der Waals surface area (Å²) in [6, 6.07) is 3.84. The van der Waals surface area contributed by atoms with Gasteiger partial charge in [-0.25, -0.2) is 0 Å². The molecule has 0 saturated carbocycles. The van der Waals surface area contributed by atoms with Gasteiger partial charge < -0.3 is 10.5 Å². The van der Waals surface area contributed by atoms with E-state index in [-0.39, 0.29) is 11.7 Å². The number of benzene rings is 1. The molecule has 2 N–H and O–H groups in total. The van der Waals surface area contributed by atoms with Gasteiger partial charge in [0.05, 0.1) is 7.11 Å². The molecule has 0 aliphatic rings. The predicted molar refractivity (Wildman–Crippen MR) is 74.3 cm³/mol. The molecule has 0 aliphatic heterocycles. The summed E-state index contributed by atoms with van der Waals surface area (Å²) in [5.41, 5.74) is 8.40. The molecular weight excluding hydrogens is 226 g/mol. The molecule has 0 bridgehead atoms. The number of hydrogen-bond donors (Lipinski definition) is 1. The van der Waals surface area contributed by atoms with Gasteiger partial charge in [-0.15, -0.1) is 0 Å². The second-order valence-electron chi connectivity index (χ2n) is 4.77. The van der Waals surface area contributed by atoms with Crippen LogP contribution in [-0.4, -0.2) is 19.4 Å². The third-order valence-electron chi connectivity index (χ3n) is 3.43. The molecule has 0 fully saturated rings. The highest BCUT2D eigenvalue weighted by Crippen LogP contribution is 2.24. The van der Waals surface area contributed by atoms with Gasteiger partial charge in [0.2, 0.25) is 0 Å². The van der Waals surface area contributed by atoms with Crippen LogP contribution < -0.4 is 10.5 Å². The van der Waals surface area contributed by atoms with Crippen molar-refractivity contribution in [3.8, 4) is 5.75 Å². The van der Waals surface area contributed by atoms with Crippen LogP contribution in [-0.2, 0) is 0 Å². The molecule has 0 aliphatic carbocycles. The number of nitrogens with two attached hydrogens (primary N) is 1. The molecule has 1 unspecified atom stereocenters. The molecule has 0 radical (unpaired) electrons. The molecule has 0 saturated heterocycles. The molecule has 0 spiro atoms. The first-order chi connectivity index (χ1) is 8.53. The van der Waals surface area contributed by atoms with E-state index in [1.165, 1.54) is 0 Å². The fraction of sp³-hybridized carbons (Fsp3) is 0.533. The fourth-order valence-electron chi connectivity index (χ4n) is 2.08. The van der Waals surface area contributed by atoms with Gasteiger partial charge in [-0.3, -0.25) is 4.79 Å². The van der Waals surface area contributed by atoms with Crippen LogP contribution in [0, 0.1) is 19.8 Å². The van der Waals surface area contributed by atoms with Crippen LogP contribution in [0.3, 0.4) is 0 Å². The lowest BCUT2D eigenvalue weighted by atomic mass is 9.93. The lowest BCUT2D eigenvalue weighted by molar-refractivity contribution is 0.0960. The molecule has 0 aromatic heterocycles. The normalized spacial score (nSPS) is 12.3. The van der Waals surface area contributed by atoms with Gasteiger partial charge in [-0.1, -0.05) is 13.3 Å². The minimum Gasteiger partial charge on any atom is -0.496 e. The largest absolute Gasteiger partial charge is 0.496 e. The molecule has 3 heteroatoms. The SMILES string of the molecule is CCC(CN)CC(=O)c1cc(C)c(OC)cc1C. The molecular formula is C15H23NO2. The number of carbonyl (C=O) groups excluding carboxylic acids is 1. The van der Waals surface area contributed by atoms with Crippen molar-refractivity contribution >= 4 is 5.78 Å². The Morgan fingerprint density at radius 2 is 2.00 bits per heavy atom. The zero-order valence-corrected chi connectivity index (χ0v) is 11.7. The Balaban J connectivity index is 2.96. The van der Waals surface area contributed by atoms with Gasteiger partial charge in [0.15, 0.2) is 5.78 Å². The van der Waals surface area contributed by atoms with Crippen molar-refractivity contribution in [3.05, 3.63) is 28.8 Å². The first kappa shape index (κ1) is 14.7. The Bertz CT molecular complexity index is 423. The van der Waals surface area contributed by atoms with Gasteiger partial charge in [-0.05, 0) is 49.6 Å². The summed E-state index contributed by atoms with van der Waals surface area (Å²) >= 11 is 0. The number of methoxy groups -OCH3 is 1. The van der Waals surface area contributed by atoms with E-state index in [1.54, 1.807) is 7.11 Å². The maximum atomic E-state index is 12.2. The minimum atomic E-state index is 0.176. The van der Waals surface area contributed by atoms with Crippen LogP contribution in [0.2, 0.25) is 0 Å². The zero-order valence-electron chi connectivity index (χ0n) is 11.7. The highest BCUT2D eigenvalue weighted by atomic mass is 16.5. The van der Waals surface area contributed by atoms with E-state index in [0.29, 0.717) is 13.0 Å². The standard InChI is InChI=1S/C15H23NO2/c1-5-12(9-16)8-14(17)13-6-11(3)15(18-4)7-10(13)2/h6-7,12H,5,8-9,16H2,1-4H3. The number of ketones is 1. The molecule has 0 amide bonds. The van der Waals surface area contributed by atoms with Crippen molar-refractivity contribution in [1.82, 2.24) is 0 Å². The average molecular weight is 249 g/mol. The summed E-state index contributed by atoms with van der Waals surface area (Å²) in [5.74, 6) is 1.28. The molecule has 0 heterocycles. The molecule has 1 atom stereocenters. The predicted octanol–water partition coefficient (Wildman–Crippen LogP) is 2.87. The van der Waals surface area contributed by atoms with Crippen LogP contribution >= 0.6 is 0 Å². The average Bonchev–Trinajstić information content (AvgIpc) is 2.37. The smallest absolute Gasteiger partial charge is 0.163 e. The Morgan fingerprint density at radius 3 is 2.50 bits per heavy atom. The van der Waals surface area contributed by atoms with Gasteiger partial charge in [0, 0.05) is 12.0 Å². The number of ether oxygens (including phenoxy) is 1. The van der Waals surface area contributed by atoms with Crippen LogP contribution in [0.25, 0.3) is 0 Å². The highest BCUT2D eigenvalue weighted by Gasteiger charge is 2.16. The van der Waals surface area contributed by atoms with E-state index >= 15 is 0 Å². The fourth-order valence-corrected chi connectivity index (χ4v) is 2.08. The number of hydrogen-bond acceptors (Lipinski definition) is 3. The topological polar surface area (TPSA) is 52.3 Å². The molecule has 1 rings (SSSR count).